The van der Waals surface area contributed by atoms with E-state index in [2.05, 4.69) is 9.97 Å². The van der Waals surface area contributed by atoms with E-state index in [4.69, 9.17) is 9.47 Å². The van der Waals surface area contributed by atoms with Gasteiger partial charge in [-0.05, 0) is 6.07 Å². The third kappa shape index (κ3) is 3.15. The van der Waals surface area contributed by atoms with Gasteiger partial charge in [-0.3, -0.25) is 0 Å². The molecule has 0 radical (unpaired) electrons. The van der Waals surface area contributed by atoms with Gasteiger partial charge in [0.1, 0.15) is 5.75 Å². The summed E-state index contributed by atoms with van der Waals surface area (Å²) >= 11 is 0. The van der Waals surface area contributed by atoms with Crippen LogP contribution in [0.4, 0.5) is 19.1 Å². The Kier molecular flexibility index (Phi) is 4.58. The fourth-order valence-corrected chi connectivity index (χ4v) is 3.54. The van der Waals surface area contributed by atoms with Crippen molar-refractivity contribution in [2.24, 2.45) is 0 Å². The van der Waals surface area contributed by atoms with Gasteiger partial charge in [-0.25, -0.2) is 14.8 Å². The largest absolute Gasteiger partial charge is 0.478 e. The number of aliphatic hydroxyl groups is 1. The molecule has 0 amide bonds. The van der Waals surface area contributed by atoms with E-state index in [0.29, 0.717) is 26.3 Å². The highest BCUT2D eigenvalue weighted by Gasteiger charge is 2.57. The molecule has 0 aliphatic carbocycles. The summed E-state index contributed by atoms with van der Waals surface area (Å²) in [6, 6.07) is 5.67. The Morgan fingerprint density at radius 1 is 1.21 bits per heavy atom. The van der Waals surface area contributed by atoms with E-state index in [1.807, 2.05) is 0 Å². The van der Waals surface area contributed by atoms with Gasteiger partial charge in [0.2, 0.25) is 12.1 Å². The number of ether oxygens (including phenoxy) is 2. The molecule has 154 valence electrons. The highest BCUT2D eigenvalue weighted by atomic mass is 19.4. The minimum Gasteiger partial charge on any atom is -0.478 e. The molecule has 0 saturated carbocycles. The first-order valence-electron chi connectivity index (χ1n) is 8.71. The quantitative estimate of drug-likeness (QED) is 0.781. The third-order valence-electron chi connectivity index (χ3n) is 4.90. The van der Waals surface area contributed by atoms with E-state index in [1.54, 1.807) is 0 Å². The first-order valence-corrected chi connectivity index (χ1v) is 8.71. The molecule has 3 heterocycles. The number of rotatable bonds is 3. The number of benzene rings is 1. The van der Waals surface area contributed by atoms with Gasteiger partial charge in [-0.1, -0.05) is 18.2 Å². The maximum Gasteiger partial charge on any atom is 0.433 e. The van der Waals surface area contributed by atoms with Crippen LogP contribution in [0.15, 0.2) is 30.5 Å². The zero-order valence-electron chi connectivity index (χ0n) is 14.9. The Balaban J connectivity index is 1.89. The molecular formula is C18H16F3N3O5. The van der Waals surface area contributed by atoms with E-state index in [1.165, 1.54) is 29.2 Å². The molecule has 1 aromatic carbocycles. The Hall–Kier alpha value is -2.92. The van der Waals surface area contributed by atoms with Crippen LogP contribution in [-0.2, 0) is 21.3 Å². The average Bonchev–Trinajstić information content (AvgIpc) is 3.02. The summed E-state index contributed by atoms with van der Waals surface area (Å²) in [5.41, 5.74) is -4.90. The predicted molar refractivity (Wildman–Crippen MR) is 91.6 cm³/mol. The van der Waals surface area contributed by atoms with Gasteiger partial charge < -0.3 is 24.6 Å². The molecule has 8 nitrogen and oxygen atoms in total. The summed E-state index contributed by atoms with van der Waals surface area (Å²) in [6.07, 6.45) is -6.13. The second-order valence-electron chi connectivity index (χ2n) is 6.63. The fraction of sp³-hybridized carbons (Fsp3) is 0.389. The van der Waals surface area contributed by atoms with Crippen LogP contribution in [0.3, 0.4) is 0 Å². The number of nitrogens with zero attached hydrogens (tertiary/aromatic N) is 3. The Labute approximate surface area is 162 Å². The van der Waals surface area contributed by atoms with Crippen LogP contribution in [0.2, 0.25) is 0 Å². The normalized spacial score (nSPS) is 24.1. The molecule has 29 heavy (non-hydrogen) atoms. The minimum atomic E-state index is -4.96. The van der Waals surface area contributed by atoms with Crippen LogP contribution >= 0.6 is 0 Å². The van der Waals surface area contributed by atoms with Crippen molar-refractivity contribution in [1.29, 1.82) is 0 Å². The number of carbonyl (C=O) groups is 1. The van der Waals surface area contributed by atoms with Crippen LogP contribution in [0.1, 0.15) is 16.8 Å². The van der Waals surface area contributed by atoms with Crippen molar-refractivity contribution in [3.63, 3.8) is 0 Å². The van der Waals surface area contributed by atoms with Crippen LogP contribution in [0, 0.1) is 0 Å². The van der Waals surface area contributed by atoms with E-state index in [9.17, 15) is 28.2 Å². The number of para-hydroxylation sites is 1. The molecule has 2 unspecified atom stereocenters. The van der Waals surface area contributed by atoms with Crippen molar-refractivity contribution in [3.05, 3.63) is 47.3 Å². The van der Waals surface area contributed by atoms with Gasteiger partial charge in [0.25, 0.3) is 0 Å². The standard InChI is InChI=1S/C18H16F3N3O5/c19-18(20,21)13-11(9-22-16(23-13)24-5-7-28-8-6-24)17(27)10-3-1-2-4-12(10)29-14(17)15(25)26/h1-4,9,14,27H,5-8H2,(H,25,26). The molecule has 2 aromatic rings. The summed E-state index contributed by atoms with van der Waals surface area (Å²) in [5, 5.41) is 20.8. The summed E-state index contributed by atoms with van der Waals surface area (Å²) in [5.74, 6) is -1.81. The average molecular weight is 411 g/mol. The highest BCUT2D eigenvalue weighted by molar-refractivity contribution is 5.78. The maximum absolute atomic E-state index is 13.9. The van der Waals surface area contributed by atoms with E-state index >= 15 is 0 Å². The summed E-state index contributed by atoms with van der Waals surface area (Å²) < 4.78 is 52.1. The first kappa shape index (κ1) is 19.4. The van der Waals surface area contributed by atoms with Gasteiger partial charge >= 0.3 is 12.1 Å². The predicted octanol–water partition coefficient (Wildman–Crippen LogP) is 1.41. The summed E-state index contributed by atoms with van der Waals surface area (Å²) in [6.45, 7) is 1.26. The van der Waals surface area contributed by atoms with Gasteiger partial charge in [0, 0.05) is 30.4 Å². The molecule has 1 aromatic heterocycles. The number of alkyl halides is 3. The monoisotopic (exact) mass is 411 g/mol. The van der Waals surface area contributed by atoms with E-state index in [0.717, 1.165) is 6.20 Å². The lowest BCUT2D eigenvalue weighted by molar-refractivity contribution is -0.157. The number of aromatic nitrogens is 2. The topological polar surface area (TPSA) is 105 Å². The fourth-order valence-electron chi connectivity index (χ4n) is 3.54. The highest BCUT2D eigenvalue weighted by Crippen LogP contribution is 2.48. The van der Waals surface area contributed by atoms with Crippen LogP contribution < -0.4 is 9.64 Å². The Morgan fingerprint density at radius 2 is 1.90 bits per heavy atom. The lowest BCUT2D eigenvalue weighted by Crippen LogP contribution is -2.46. The van der Waals surface area contributed by atoms with Gasteiger partial charge in [-0.2, -0.15) is 13.2 Å². The lowest BCUT2D eigenvalue weighted by atomic mass is 9.82. The van der Waals surface area contributed by atoms with Crippen molar-refractivity contribution >= 4 is 11.9 Å². The number of carboxylic acid groups (broad SMARTS) is 1. The van der Waals surface area contributed by atoms with Gasteiger partial charge in [0.05, 0.1) is 13.2 Å². The zero-order valence-corrected chi connectivity index (χ0v) is 14.9. The molecule has 1 saturated heterocycles. The van der Waals surface area contributed by atoms with Crippen molar-refractivity contribution in [1.82, 2.24) is 9.97 Å². The molecule has 4 rings (SSSR count). The maximum atomic E-state index is 13.9. The summed E-state index contributed by atoms with van der Waals surface area (Å²) in [4.78, 5) is 20.9. The van der Waals surface area contributed by atoms with E-state index < -0.39 is 35.1 Å². The number of fused-ring (bicyclic) bond motifs is 1. The number of morpholine rings is 1. The van der Waals surface area contributed by atoms with Crippen molar-refractivity contribution in [3.8, 4) is 5.75 Å². The van der Waals surface area contributed by atoms with Crippen LogP contribution in [0.5, 0.6) is 5.75 Å². The molecule has 1 fully saturated rings. The Bertz CT molecular complexity index is 949. The Morgan fingerprint density at radius 3 is 2.55 bits per heavy atom. The number of hydrogen-bond acceptors (Lipinski definition) is 7. The summed E-state index contributed by atoms with van der Waals surface area (Å²) in [7, 11) is 0. The van der Waals surface area contributed by atoms with Crippen molar-refractivity contribution in [2.45, 2.75) is 17.9 Å². The number of halogens is 3. The van der Waals surface area contributed by atoms with Gasteiger partial charge in [-0.15, -0.1) is 0 Å². The van der Waals surface area contributed by atoms with E-state index in [-0.39, 0.29) is 17.3 Å². The molecule has 0 bridgehead atoms. The molecular weight excluding hydrogens is 395 g/mol. The van der Waals surface area contributed by atoms with Gasteiger partial charge in [0.15, 0.2) is 11.3 Å². The zero-order chi connectivity index (χ0) is 20.8. The van der Waals surface area contributed by atoms with Crippen LogP contribution in [0.25, 0.3) is 0 Å². The number of carboxylic acids is 1. The number of hydrogen-bond donors (Lipinski definition) is 2. The second kappa shape index (κ2) is 6.85. The second-order valence-corrected chi connectivity index (χ2v) is 6.63. The lowest BCUT2D eigenvalue weighted by Gasteiger charge is -2.31. The molecule has 2 N–H and O–H groups in total. The number of aliphatic carboxylic acids is 1. The van der Waals surface area contributed by atoms with Crippen molar-refractivity contribution in [2.75, 3.05) is 31.2 Å². The molecule has 0 spiro atoms. The molecule has 2 atom stereocenters. The minimum absolute atomic E-state index is 0.0206. The first-order chi connectivity index (χ1) is 13.7. The molecule has 11 heteroatoms. The SMILES string of the molecule is O=C(O)C1Oc2ccccc2C1(O)c1cnc(N2CCOCC2)nc1C(F)(F)F. The van der Waals surface area contributed by atoms with Crippen LogP contribution in [-0.4, -0.2) is 58.6 Å². The molecule has 2 aliphatic rings. The number of anilines is 1. The third-order valence-corrected chi connectivity index (χ3v) is 4.90. The smallest absolute Gasteiger partial charge is 0.433 e. The van der Waals surface area contributed by atoms with Crippen molar-refractivity contribution < 1.29 is 37.7 Å². The molecule has 2 aliphatic heterocycles.